The Morgan fingerprint density at radius 1 is 1.78 bits per heavy atom. The molecule has 0 aliphatic carbocycles. The number of rotatable bonds is 2. The standard InChI is InChI=1S/C6H9N2O/c1-2-4-8-5-3-7-6(8)9/h2,4H,1,3,5H2,(H,7,9). The van der Waals surface area contributed by atoms with Crippen molar-refractivity contribution in [3.05, 3.63) is 19.2 Å². The molecule has 0 saturated carbocycles. The van der Waals surface area contributed by atoms with Gasteiger partial charge in [0.25, 0.3) is 0 Å². The molecule has 49 valence electrons. The van der Waals surface area contributed by atoms with Gasteiger partial charge in [-0.15, -0.1) is 6.58 Å². The second kappa shape index (κ2) is 2.53. The molecule has 1 aliphatic heterocycles. The van der Waals surface area contributed by atoms with E-state index in [1.165, 1.54) is 0 Å². The lowest BCUT2D eigenvalue weighted by Crippen LogP contribution is -2.24. The molecule has 0 atom stereocenters. The highest BCUT2D eigenvalue weighted by atomic mass is 16.2. The van der Waals surface area contributed by atoms with Crippen LogP contribution < -0.4 is 5.32 Å². The highest BCUT2D eigenvalue weighted by molar-refractivity contribution is 5.77. The predicted octanol–water partition coefficient (Wildman–Crippen LogP) is 0.359. The Labute approximate surface area is 54.3 Å². The molecule has 1 saturated heterocycles. The van der Waals surface area contributed by atoms with Crippen LogP contribution in [0.1, 0.15) is 0 Å². The maximum Gasteiger partial charge on any atom is 0.318 e. The summed E-state index contributed by atoms with van der Waals surface area (Å²) < 4.78 is 0. The van der Waals surface area contributed by atoms with Gasteiger partial charge in [0.05, 0.1) is 6.54 Å². The third-order valence-corrected chi connectivity index (χ3v) is 1.18. The Hall–Kier alpha value is -0.990. The molecule has 0 aromatic carbocycles. The number of urea groups is 1. The smallest absolute Gasteiger partial charge is 0.318 e. The van der Waals surface area contributed by atoms with Gasteiger partial charge < -0.3 is 10.2 Å². The highest BCUT2D eigenvalue weighted by Gasteiger charge is 2.17. The fraction of sp³-hybridized carbons (Fsp3) is 0.333. The van der Waals surface area contributed by atoms with Gasteiger partial charge in [0, 0.05) is 13.1 Å². The number of hydrogen-bond acceptors (Lipinski definition) is 1. The molecular weight excluding hydrogens is 116 g/mol. The molecule has 1 aliphatic rings. The van der Waals surface area contributed by atoms with Gasteiger partial charge in [0.2, 0.25) is 0 Å². The van der Waals surface area contributed by atoms with Gasteiger partial charge in [-0.1, -0.05) is 6.08 Å². The second-order valence-corrected chi connectivity index (χ2v) is 1.81. The maximum atomic E-state index is 10.7. The van der Waals surface area contributed by atoms with Crippen LogP contribution in [0.25, 0.3) is 0 Å². The van der Waals surface area contributed by atoms with Crippen molar-refractivity contribution in [2.24, 2.45) is 0 Å². The zero-order chi connectivity index (χ0) is 6.69. The summed E-state index contributed by atoms with van der Waals surface area (Å²) in [6, 6.07) is -0.0325. The monoisotopic (exact) mass is 125 g/mol. The minimum absolute atomic E-state index is 0.0325. The van der Waals surface area contributed by atoms with E-state index in [4.69, 9.17) is 0 Å². The van der Waals surface area contributed by atoms with Crippen molar-refractivity contribution in [3.8, 4) is 0 Å². The first kappa shape index (κ1) is 6.13. The van der Waals surface area contributed by atoms with E-state index in [-0.39, 0.29) is 6.03 Å². The third-order valence-electron chi connectivity index (χ3n) is 1.18. The van der Waals surface area contributed by atoms with Gasteiger partial charge >= 0.3 is 6.03 Å². The molecule has 0 unspecified atom stereocenters. The van der Waals surface area contributed by atoms with Crippen LogP contribution in [0, 0.1) is 6.54 Å². The Kier molecular flexibility index (Phi) is 1.72. The maximum absolute atomic E-state index is 10.7. The second-order valence-electron chi connectivity index (χ2n) is 1.81. The van der Waals surface area contributed by atoms with Crippen molar-refractivity contribution in [1.29, 1.82) is 0 Å². The topological polar surface area (TPSA) is 32.3 Å². The Bertz CT molecular complexity index is 133. The SMILES string of the molecule is C=C[CH]N1CCNC1=O. The van der Waals surface area contributed by atoms with Gasteiger partial charge in [-0.3, -0.25) is 0 Å². The molecule has 1 rings (SSSR count). The zero-order valence-corrected chi connectivity index (χ0v) is 5.13. The summed E-state index contributed by atoms with van der Waals surface area (Å²) in [4.78, 5) is 12.3. The van der Waals surface area contributed by atoms with E-state index in [2.05, 4.69) is 11.9 Å². The number of carbonyl (C=O) groups is 1. The predicted molar refractivity (Wildman–Crippen MR) is 34.6 cm³/mol. The molecule has 3 nitrogen and oxygen atoms in total. The van der Waals surface area contributed by atoms with Crippen LogP contribution in [0.3, 0.4) is 0 Å². The van der Waals surface area contributed by atoms with Crippen LogP contribution >= 0.6 is 0 Å². The van der Waals surface area contributed by atoms with Crippen molar-refractivity contribution in [1.82, 2.24) is 10.2 Å². The fourth-order valence-corrected chi connectivity index (χ4v) is 0.756. The molecule has 0 bridgehead atoms. The quantitative estimate of drug-likeness (QED) is 0.567. The zero-order valence-electron chi connectivity index (χ0n) is 5.13. The average Bonchev–Trinajstić information content (AvgIpc) is 2.18. The minimum Gasteiger partial charge on any atom is -0.336 e. The molecule has 0 aromatic rings. The Balaban J connectivity index is 2.39. The van der Waals surface area contributed by atoms with Crippen molar-refractivity contribution < 1.29 is 4.79 Å². The van der Waals surface area contributed by atoms with E-state index in [9.17, 15) is 4.79 Å². The summed E-state index contributed by atoms with van der Waals surface area (Å²) in [7, 11) is 0. The van der Waals surface area contributed by atoms with Crippen LogP contribution in [0.4, 0.5) is 4.79 Å². The number of amides is 2. The summed E-state index contributed by atoms with van der Waals surface area (Å²) in [5.74, 6) is 0. The Morgan fingerprint density at radius 2 is 2.56 bits per heavy atom. The molecule has 1 radical (unpaired) electrons. The van der Waals surface area contributed by atoms with Crippen LogP contribution in [0.15, 0.2) is 12.7 Å². The molecule has 0 aromatic heterocycles. The number of hydrogen-bond donors (Lipinski definition) is 1. The highest BCUT2D eigenvalue weighted by Crippen LogP contribution is 1.98. The number of nitrogens with one attached hydrogen (secondary N) is 1. The van der Waals surface area contributed by atoms with E-state index in [1.54, 1.807) is 17.5 Å². The molecule has 9 heavy (non-hydrogen) atoms. The van der Waals surface area contributed by atoms with E-state index < -0.39 is 0 Å². The van der Waals surface area contributed by atoms with Crippen molar-refractivity contribution >= 4 is 6.03 Å². The summed E-state index contributed by atoms with van der Waals surface area (Å²) in [5, 5.41) is 2.66. The molecule has 1 heterocycles. The first-order valence-electron chi connectivity index (χ1n) is 2.85. The van der Waals surface area contributed by atoms with Gasteiger partial charge in [-0.2, -0.15) is 0 Å². The molecule has 1 N–H and O–H groups in total. The van der Waals surface area contributed by atoms with E-state index >= 15 is 0 Å². The van der Waals surface area contributed by atoms with Gasteiger partial charge in [-0.25, -0.2) is 4.79 Å². The van der Waals surface area contributed by atoms with E-state index in [1.807, 2.05) is 0 Å². The molecule has 3 heteroatoms. The normalized spacial score (nSPS) is 17.8. The van der Waals surface area contributed by atoms with E-state index in [0.29, 0.717) is 0 Å². The Morgan fingerprint density at radius 3 is 3.00 bits per heavy atom. The van der Waals surface area contributed by atoms with Crippen LogP contribution in [-0.2, 0) is 0 Å². The van der Waals surface area contributed by atoms with Crippen LogP contribution in [-0.4, -0.2) is 24.0 Å². The lowest BCUT2D eigenvalue weighted by Gasteiger charge is -2.08. The van der Waals surface area contributed by atoms with Gasteiger partial charge in [0.1, 0.15) is 0 Å². The fourth-order valence-electron chi connectivity index (χ4n) is 0.756. The van der Waals surface area contributed by atoms with Gasteiger partial charge in [0.15, 0.2) is 0 Å². The summed E-state index contributed by atoms with van der Waals surface area (Å²) in [5.41, 5.74) is 0. The largest absolute Gasteiger partial charge is 0.336 e. The molecule has 1 fully saturated rings. The van der Waals surface area contributed by atoms with Crippen LogP contribution in [0.2, 0.25) is 0 Å². The van der Waals surface area contributed by atoms with Gasteiger partial charge in [-0.05, 0) is 0 Å². The van der Waals surface area contributed by atoms with Crippen molar-refractivity contribution in [2.45, 2.75) is 0 Å². The number of carbonyl (C=O) groups excluding carboxylic acids is 1. The number of nitrogens with zero attached hydrogens (tertiary/aromatic N) is 1. The first-order chi connectivity index (χ1) is 4.34. The molecule has 2 amide bonds. The average molecular weight is 125 g/mol. The minimum atomic E-state index is -0.0325. The third kappa shape index (κ3) is 1.22. The lowest BCUT2D eigenvalue weighted by molar-refractivity contribution is 0.227. The summed E-state index contributed by atoms with van der Waals surface area (Å²) >= 11 is 0. The van der Waals surface area contributed by atoms with Crippen LogP contribution in [0.5, 0.6) is 0 Å². The summed E-state index contributed by atoms with van der Waals surface area (Å²) in [6.45, 7) is 6.64. The first-order valence-corrected chi connectivity index (χ1v) is 2.85. The molecule has 0 spiro atoms. The summed E-state index contributed by atoms with van der Waals surface area (Å²) in [6.07, 6.45) is 1.60. The molecular formula is C6H9N2O. The van der Waals surface area contributed by atoms with E-state index in [0.717, 1.165) is 13.1 Å². The van der Waals surface area contributed by atoms with Crippen molar-refractivity contribution in [2.75, 3.05) is 13.1 Å². The lowest BCUT2D eigenvalue weighted by atomic mass is 10.5. The van der Waals surface area contributed by atoms with Crippen molar-refractivity contribution in [3.63, 3.8) is 0 Å².